The molecule has 2 amide bonds. The summed E-state index contributed by atoms with van der Waals surface area (Å²) in [5, 5.41) is 2.78. The fourth-order valence-electron chi connectivity index (χ4n) is 3.77. The number of likely N-dealkylation sites (N-methyl/N-ethyl adjacent to an activating group) is 1. The van der Waals surface area contributed by atoms with Crippen LogP contribution in [0.2, 0.25) is 0 Å². The number of carbonyl (C=O) groups excluding carboxylic acids is 2. The molecule has 0 saturated carbocycles. The number of nitrogens with one attached hydrogen (secondary N) is 1. The number of benzene rings is 2. The van der Waals surface area contributed by atoms with Gasteiger partial charge in [0.25, 0.3) is 0 Å². The molecule has 192 valence electrons. The largest absolute Gasteiger partial charge is 0.494 e. The third kappa shape index (κ3) is 8.90. The van der Waals surface area contributed by atoms with Gasteiger partial charge in [0, 0.05) is 26.1 Å². The van der Waals surface area contributed by atoms with E-state index in [-0.39, 0.29) is 24.8 Å². The zero-order valence-corrected chi connectivity index (χ0v) is 21.9. The minimum Gasteiger partial charge on any atom is -0.494 e. The van der Waals surface area contributed by atoms with E-state index in [0.29, 0.717) is 44.0 Å². The highest BCUT2D eigenvalue weighted by Gasteiger charge is 2.26. The van der Waals surface area contributed by atoms with Crippen molar-refractivity contribution in [1.82, 2.24) is 10.2 Å². The Bertz CT molecular complexity index is 1040. The number of hydrogen-bond acceptors (Lipinski definition) is 5. The maximum Gasteiger partial charge on any atom is 0.242 e. The van der Waals surface area contributed by atoms with E-state index < -0.39 is 16.1 Å². The van der Waals surface area contributed by atoms with E-state index in [2.05, 4.69) is 5.32 Å². The summed E-state index contributed by atoms with van der Waals surface area (Å²) in [7, 11) is -3.54. The Labute approximate surface area is 209 Å². The topological polar surface area (TPSA) is 96.0 Å². The molecule has 1 N–H and O–H groups in total. The Balaban J connectivity index is 2.08. The highest BCUT2D eigenvalue weighted by molar-refractivity contribution is 7.92. The van der Waals surface area contributed by atoms with Crippen LogP contribution >= 0.6 is 0 Å². The van der Waals surface area contributed by atoms with Gasteiger partial charge in [-0.25, -0.2) is 8.42 Å². The van der Waals surface area contributed by atoms with Gasteiger partial charge in [-0.3, -0.25) is 13.9 Å². The van der Waals surface area contributed by atoms with Crippen molar-refractivity contribution in [2.24, 2.45) is 0 Å². The van der Waals surface area contributed by atoms with Gasteiger partial charge in [-0.15, -0.1) is 0 Å². The number of amides is 2. The van der Waals surface area contributed by atoms with Crippen LogP contribution in [-0.2, 0) is 26.0 Å². The Hall–Kier alpha value is -3.07. The standard InChI is InChI=1S/C26H37N3O5S/c1-5-27-26(31)21(3)28(20-18-22-11-8-7-9-12-22)25(30)13-10-19-29(35(4,32)33)23-14-16-24(17-15-23)34-6-2/h7-9,11-12,14-17,21H,5-6,10,13,18-20H2,1-4H3,(H,27,31)/t21-/m0/s1. The molecule has 2 aromatic carbocycles. The SMILES string of the molecule is CCNC(=O)[C@H](C)N(CCc1ccccc1)C(=O)CCCN(c1ccc(OCC)cc1)S(C)(=O)=O. The van der Waals surface area contributed by atoms with Crippen LogP contribution in [0.4, 0.5) is 5.69 Å². The van der Waals surface area contributed by atoms with Crippen molar-refractivity contribution in [3.63, 3.8) is 0 Å². The van der Waals surface area contributed by atoms with Crippen LogP contribution in [0.25, 0.3) is 0 Å². The molecule has 0 fully saturated rings. The number of sulfonamides is 1. The van der Waals surface area contributed by atoms with Gasteiger partial charge in [0.2, 0.25) is 21.8 Å². The third-order valence-corrected chi connectivity index (χ3v) is 6.78. The summed E-state index contributed by atoms with van der Waals surface area (Å²) in [6.45, 7) is 6.99. The minimum absolute atomic E-state index is 0.127. The second-order valence-corrected chi connectivity index (χ2v) is 10.2. The summed E-state index contributed by atoms with van der Waals surface area (Å²) in [6.07, 6.45) is 2.22. The van der Waals surface area contributed by atoms with Gasteiger partial charge in [-0.1, -0.05) is 30.3 Å². The van der Waals surface area contributed by atoms with Crippen LogP contribution in [0.3, 0.4) is 0 Å². The highest BCUT2D eigenvalue weighted by atomic mass is 32.2. The van der Waals surface area contributed by atoms with E-state index in [0.717, 1.165) is 11.8 Å². The minimum atomic E-state index is -3.54. The van der Waals surface area contributed by atoms with Gasteiger partial charge in [0.15, 0.2) is 0 Å². The van der Waals surface area contributed by atoms with Crippen molar-refractivity contribution in [2.75, 3.05) is 36.8 Å². The fourth-order valence-corrected chi connectivity index (χ4v) is 4.74. The lowest BCUT2D eigenvalue weighted by Crippen LogP contribution is -2.48. The van der Waals surface area contributed by atoms with Gasteiger partial charge >= 0.3 is 0 Å². The molecule has 2 rings (SSSR count). The lowest BCUT2D eigenvalue weighted by molar-refractivity contribution is -0.139. The monoisotopic (exact) mass is 503 g/mol. The highest BCUT2D eigenvalue weighted by Crippen LogP contribution is 2.22. The summed E-state index contributed by atoms with van der Waals surface area (Å²) < 4.78 is 31.6. The number of ether oxygens (including phenoxy) is 1. The number of rotatable bonds is 14. The summed E-state index contributed by atoms with van der Waals surface area (Å²) in [5.41, 5.74) is 1.59. The van der Waals surface area contributed by atoms with E-state index in [1.54, 1.807) is 36.1 Å². The van der Waals surface area contributed by atoms with E-state index in [1.165, 1.54) is 4.31 Å². The number of hydrogen-bond donors (Lipinski definition) is 1. The fraction of sp³-hybridized carbons (Fsp3) is 0.462. The van der Waals surface area contributed by atoms with Gasteiger partial charge in [-0.05, 0) is 63.4 Å². The number of carbonyl (C=O) groups is 2. The first-order valence-corrected chi connectivity index (χ1v) is 13.8. The predicted octanol–water partition coefficient (Wildman–Crippen LogP) is 3.23. The Morgan fingerprint density at radius 3 is 2.23 bits per heavy atom. The predicted molar refractivity (Wildman–Crippen MR) is 139 cm³/mol. The van der Waals surface area contributed by atoms with E-state index in [4.69, 9.17) is 4.74 Å². The molecule has 9 heteroatoms. The van der Waals surface area contributed by atoms with Crippen molar-refractivity contribution >= 4 is 27.5 Å². The lowest BCUT2D eigenvalue weighted by Gasteiger charge is -2.29. The van der Waals surface area contributed by atoms with E-state index in [1.807, 2.05) is 44.2 Å². The average molecular weight is 504 g/mol. The van der Waals surface area contributed by atoms with Crippen LogP contribution in [-0.4, -0.2) is 63.7 Å². The van der Waals surface area contributed by atoms with Gasteiger partial charge < -0.3 is 15.0 Å². The van der Waals surface area contributed by atoms with Gasteiger partial charge in [0.05, 0.1) is 18.6 Å². The van der Waals surface area contributed by atoms with Crippen LogP contribution in [0.5, 0.6) is 5.75 Å². The third-order valence-electron chi connectivity index (χ3n) is 5.59. The first-order chi connectivity index (χ1) is 16.7. The summed E-state index contributed by atoms with van der Waals surface area (Å²) in [6, 6.07) is 16.0. The zero-order chi connectivity index (χ0) is 25.8. The Morgan fingerprint density at radius 2 is 1.66 bits per heavy atom. The average Bonchev–Trinajstić information content (AvgIpc) is 2.83. The first kappa shape index (κ1) is 28.2. The maximum absolute atomic E-state index is 13.2. The normalized spacial score (nSPS) is 12.0. The molecular weight excluding hydrogens is 466 g/mol. The Kier molecular flexibility index (Phi) is 11.0. The molecule has 0 bridgehead atoms. The quantitative estimate of drug-likeness (QED) is 0.427. The van der Waals surface area contributed by atoms with Crippen molar-refractivity contribution in [1.29, 1.82) is 0 Å². The molecule has 1 atom stereocenters. The van der Waals surface area contributed by atoms with Gasteiger partial charge in [-0.2, -0.15) is 0 Å². The van der Waals surface area contributed by atoms with Crippen LogP contribution in [0.15, 0.2) is 54.6 Å². The van der Waals surface area contributed by atoms with Crippen molar-refractivity contribution in [3.05, 3.63) is 60.2 Å². The molecule has 2 aromatic rings. The number of anilines is 1. The number of nitrogens with zero attached hydrogens (tertiary/aromatic N) is 2. The summed E-state index contributed by atoms with van der Waals surface area (Å²) in [5.74, 6) is 0.272. The molecule has 0 aliphatic carbocycles. The molecule has 0 aromatic heterocycles. The molecule has 0 aliphatic rings. The van der Waals surface area contributed by atoms with Crippen molar-refractivity contribution in [2.45, 2.75) is 46.1 Å². The van der Waals surface area contributed by atoms with Gasteiger partial charge in [0.1, 0.15) is 11.8 Å². The second-order valence-electron chi connectivity index (χ2n) is 8.26. The smallest absolute Gasteiger partial charge is 0.242 e. The molecular formula is C26H37N3O5S. The van der Waals surface area contributed by atoms with Crippen molar-refractivity contribution in [3.8, 4) is 5.75 Å². The molecule has 0 spiro atoms. The van der Waals surface area contributed by atoms with Crippen LogP contribution in [0.1, 0.15) is 39.2 Å². The second kappa shape index (κ2) is 13.7. The zero-order valence-electron chi connectivity index (χ0n) is 21.1. The lowest BCUT2D eigenvalue weighted by atomic mass is 10.1. The first-order valence-electron chi connectivity index (χ1n) is 12.0. The van der Waals surface area contributed by atoms with Crippen molar-refractivity contribution < 1.29 is 22.7 Å². The molecule has 0 aliphatic heterocycles. The van der Waals surface area contributed by atoms with E-state index >= 15 is 0 Å². The molecule has 0 radical (unpaired) electrons. The maximum atomic E-state index is 13.2. The molecule has 0 heterocycles. The summed E-state index contributed by atoms with van der Waals surface area (Å²) >= 11 is 0. The Morgan fingerprint density at radius 1 is 1.00 bits per heavy atom. The van der Waals surface area contributed by atoms with E-state index in [9.17, 15) is 18.0 Å². The van der Waals surface area contributed by atoms with Crippen LogP contribution in [0, 0.1) is 0 Å². The molecule has 0 unspecified atom stereocenters. The summed E-state index contributed by atoms with van der Waals surface area (Å²) in [4.78, 5) is 27.2. The van der Waals surface area contributed by atoms with Crippen LogP contribution < -0.4 is 14.4 Å². The molecule has 8 nitrogen and oxygen atoms in total. The molecule has 0 saturated heterocycles. The molecule has 35 heavy (non-hydrogen) atoms.